The number of nitrogens with one attached hydrogen (secondary N) is 1. The molecule has 4 rings (SSSR count). The topological polar surface area (TPSA) is 67.4 Å². The van der Waals surface area contributed by atoms with Gasteiger partial charge in [-0.15, -0.1) is 10.2 Å². The average molecular weight is 437 g/mol. The fraction of sp³-hybridized carbons (Fsp3) is 0.375. The van der Waals surface area contributed by atoms with Crippen molar-refractivity contribution in [1.82, 2.24) is 15.1 Å². The molecule has 0 spiro atoms. The molecule has 0 atom stereocenters. The van der Waals surface area contributed by atoms with Gasteiger partial charge >= 0.3 is 0 Å². The number of ether oxygens (including phenoxy) is 1. The largest absolute Gasteiger partial charge is 0.496 e. The predicted molar refractivity (Wildman–Crippen MR) is 125 cm³/mol. The van der Waals surface area contributed by atoms with Crippen molar-refractivity contribution in [3.63, 3.8) is 0 Å². The van der Waals surface area contributed by atoms with E-state index >= 15 is 0 Å². The monoisotopic (exact) mass is 436 g/mol. The van der Waals surface area contributed by atoms with Crippen LogP contribution in [-0.4, -0.2) is 47.7 Å². The van der Waals surface area contributed by atoms with Crippen LogP contribution >= 0.6 is 11.3 Å². The third-order valence-corrected chi connectivity index (χ3v) is 6.99. The van der Waals surface area contributed by atoms with Gasteiger partial charge in [0.15, 0.2) is 5.01 Å². The minimum Gasteiger partial charge on any atom is -0.496 e. The lowest BCUT2D eigenvalue weighted by Gasteiger charge is -2.30. The zero-order valence-corrected chi connectivity index (χ0v) is 19.0. The van der Waals surface area contributed by atoms with Gasteiger partial charge in [-0.3, -0.25) is 9.69 Å². The van der Waals surface area contributed by atoms with E-state index in [0.29, 0.717) is 12.5 Å². The van der Waals surface area contributed by atoms with Gasteiger partial charge in [0.2, 0.25) is 5.91 Å². The summed E-state index contributed by atoms with van der Waals surface area (Å²) >= 11 is 1.64. The van der Waals surface area contributed by atoms with E-state index in [-0.39, 0.29) is 5.91 Å². The second kappa shape index (κ2) is 9.58. The molecule has 6 nitrogen and oxygen atoms in total. The number of nitrogens with zero attached hydrogens (tertiary/aromatic N) is 3. The molecule has 0 aliphatic carbocycles. The number of carbonyl (C=O) groups excluding carboxylic acids is 1. The van der Waals surface area contributed by atoms with Crippen molar-refractivity contribution in [3.05, 3.63) is 58.6 Å². The SMILES string of the molecule is COc1ccccc1-c1nnc(C2CCN(CC(=O)Nc3ccc(C)c(C)c3)CC2)s1. The van der Waals surface area contributed by atoms with Gasteiger partial charge in [-0.1, -0.05) is 29.5 Å². The summed E-state index contributed by atoms with van der Waals surface area (Å²) in [6.45, 7) is 6.32. The number of aromatic nitrogens is 2. The van der Waals surface area contributed by atoms with E-state index < -0.39 is 0 Å². The van der Waals surface area contributed by atoms with Gasteiger partial charge in [-0.2, -0.15) is 0 Å². The van der Waals surface area contributed by atoms with Gasteiger partial charge in [-0.05, 0) is 75.2 Å². The van der Waals surface area contributed by atoms with Crippen molar-refractivity contribution in [2.75, 3.05) is 32.1 Å². The van der Waals surface area contributed by atoms with E-state index in [1.165, 1.54) is 11.1 Å². The number of hydrogen-bond acceptors (Lipinski definition) is 6. The number of piperidine rings is 1. The highest BCUT2D eigenvalue weighted by atomic mass is 32.1. The highest BCUT2D eigenvalue weighted by molar-refractivity contribution is 7.14. The number of methoxy groups -OCH3 is 1. The lowest BCUT2D eigenvalue weighted by atomic mass is 9.98. The maximum absolute atomic E-state index is 12.5. The molecule has 7 heteroatoms. The summed E-state index contributed by atoms with van der Waals surface area (Å²) in [5.74, 6) is 1.24. The Morgan fingerprint density at radius 2 is 1.90 bits per heavy atom. The summed E-state index contributed by atoms with van der Waals surface area (Å²) in [6.07, 6.45) is 1.97. The molecule has 1 fully saturated rings. The average Bonchev–Trinajstić information content (AvgIpc) is 3.27. The number of para-hydroxylation sites is 1. The highest BCUT2D eigenvalue weighted by Gasteiger charge is 2.25. The van der Waals surface area contributed by atoms with E-state index in [0.717, 1.165) is 52.9 Å². The molecule has 2 aromatic carbocycles. The summed E-state index contributed by atoms with van der Waals surface area (Å²) in [4.78, 5) is 14.7. The Balaban J connectivity index is 1.31. The number of anilines is 1. The van der Waals surface area contributed by atoms with Crippen molar-refractivity contribution in [1.29, 1.82) is 0 Å². The van der Waals surface area contributed by atoms with E-state index in [1.54, 1.807) is 18.4 Å². The Bertz CT molecular complexity index is 1060. The molecule has 0 unspecified atom stereocenters. The van der Waals surface area contributed by atoms with Crippen LogP contribution in [0.4, 0.5) is 5.69 Å². The molecule has 0 bridgehead atoms. The normalized spacial score (nSPS) is 15.1. The van der Waals surface area contributed by atoms with Crippen LogP contribution in [0.25, 0.3) is 10.6 Å². The third-order valence-electron chi connectivity index (χ3n) is 5.87. The van der Waals surface area contributed by atoms with Crippen LogP contribution in [0.3, 0.4) is 0 Å². The molecule has 31 heavy (non-hydrogen) atoms. The molecule has 1 aliphatic rings. The first-order valence-electron chi connectivity index (χ1n) is 10.6. The van der Waals surface area contributed by atoms with Gasteiger partial charge in [0, 0.05) is 11.6 Å². The Morgan fingerprint density at radius 1 is 1.13 bits per heavy atom. The molecule has 1 aromatic heterocycles. The van der Waals surface area contributed by atoms with Crippen LogP contribution in [-0.2, 0) is 4.79 Å². The third kappa shape index (κ3) is 5.11. The minimum absolute atomic E-state index is 0.0380. The quantitative estimate of drug-likeness (QED) is 0.609. The lowest BCUT2D eigenvalue weighted by molar-refractivity contribution is -0.117. The van der Waals surface area contributed by atoms with Crippen molar-refractivity contribution in [2.45, 2.75) is 32.6 Å². The van der Waals surface area contributed by atoms with E-state index in [2.05, 4.69) is 34.3 Å². The van der Waals surface area contributed by atoms with Gasteiger partial charge in [0.1, 0.15) is 10.8 Å². The smallest absolute Gasteiger partial charge is 0.238 e. The number of rotatable bonds is 6. The van der Waals surface area contributed by atoms with Gasteiger partial charge in [0.05, 0.1) is 19.2 Å². The van der Waals surface area contributed by atoms with Crippen LogP contribution in [0.2, 0.25) is 0 Å². The zero-order valence-electron chi connectivity index (χ0n) is 18.2. The van der Waals surface area contributed by atoms with E-state index in [4.69, 9.17) is 4.74 Å². The van der Waals surface area contributed by atoms with Crippen molar-refractivity contribution in [2.24, 2.45) is 0 Å². The molecular weight excluding hydrogens is 408 g/mol. The first kappa shape index (κ1) is 21.5. The summed E-state index contributed by atoms with van der Waals surface area (Å²) in [5, 5.41) is 13.9. The van der Waals surface area contributed by atoms with Crippen LogP contribution in [0, 0.1) is 13.8 Å². The fourth-order valence-corrected chi connectivity index (χ4v) is 4.93. The Hall–Kier alpha value is -2.77. The summed E-state index contributed by atoms with van der Waals surface area (Å²) in [6, 6.07) is 13.9. The maximum atomic E-state index is 12.5. The summed E-state index contributed by atoms with van der Waals surface area (Å²) in [7, 11) is 1.67. The lowest BCUT2D eigenvalue weighted by Crippen LogP contribution is -2.38. The molecule has 1 saturated heterocycles. The first-order chi connectivity index (χ1) is 15.0. The van der Waals surface area contributed by atoms with Crippen LogP contribution in [0.1, 0.15) is 34.9 Å². The first-order valence-corrected chi connectivity index (χ1v) is 11.4. The second-order valence-corrected chi connectivity index (χ2v) is 9.05. The number of aryl methyl sites for hydroxylation is 2. The molecule has 1 aliphatic heterocycles. The number of carbonyl (C=O) groups is 1. The van der Waals surface area contributed by atoms with Crippen molar-refractivity contribution >= 4 is 22.9 Å². The summed E-state index contributed by atoms with van der Waals surface area (Å²) in [5.41, 5.74) is 4.25. The van der Waals surface area contributed by atoms with Gasteiger partial charge < -0.3 is 10.1 Å². The van der Waals surface area contributed by atoms with Gasteiger partial charge in [-0.25, -0.2) is 0 Å². The van der Waals surface area contributed by atoms with Crippen molar-refractivity contribution < 1.29 is 9.53 Å². The van der Waals surface area contributed by atoms with Gasteiger partial charge in [0.25, 0.3) is 0 Å². The number of likely N-dealkylation sites (tertiary alicyclic amines) is 1. The highest BCUT2D eigenvalue weighted by Crippen LogP contribution is 2.36. The van der Waals surface area contributed by atoms with E-state index in [9.17, 15) is 4.79 Å². The Morgan fingerprint density at radius 3 is 2.65 bits per heavy atom. The molecule has 2 heterocycles. The molecule has 0 radical (unpaired) electrons. The zero-order chi connectivity index (χ0) is 21.8. The fourth-order valence-electron chi connectivity index (χ4n) is 3.89. The minimum atomic E-state index is 0.0380. The molecule has 0 saturated carbocycles. The number of benzene rings is 2. The Labute approximate surface area is 187 Å². The molecule has 3 aromatic rings. The van der Waals surface area contributed by atoms with Crippen LogP contribution < -0.4 is 10.1 Å². The number of hydrogen-bond donors (Lipinski definition) is 1. The van der Waals surface area contributed by atoms with E-state index in [1.807, 2.05) is 42.5 Å². The van der Waals surface area contributed by atoms with Crippen LogP contribution in [0.15, 0.2) is 42.5 Å². The summed E-state index contributed by atoms with van der Waals surface area (Å²) < 4.78 is 5.45. The maximum Gasteiger partial charge on any atom is 0.238 e. The second-order valence-electron chi connectivity index (χ2n) is 8.04. The molecule has 1 N–H and O–H groups in total. The number of amides is 1. The molecule has 1 amide bonds. The molecule has 162 valence electrons. The van der Waals surface area contributed by atoms with Crippen LogP contribution in [0.5, 0.6) is 5.75 Å². The predicted octanol–water partition coefficient (Wildman–Crippen LogP) is 4.65. The Kier molecular flexibility index (Phi) is 6.63. The van der Waals surface area contributed by atoms with Crippen molar-refractivity contribution in [3.8, 4) is 16.3 Å². The standard InChI is InChI=1S/C24H28N4O2S/c1-16-8-9-19(14-17(16)2)25-22(29)15-28-12-10-18(11-13-28)23-26-27-24(31-23)20-6-4-5-7-21(20)30-3/h4-9,14,18H,10-13,15H2,1-3H3,(H,25,29). The molecular formula is C24H28N4O2S.